The molecular formula is C20H28F3N3O6S. The molecule has 0 bridgehead atoms. The van der Waals surface area contributed by atoms with Crippen LogP contribution in [0, 0.1) is 11.8 Å². The first-order valence-corrected chi connectivity index (χ1v) is 11.8. The lowest BCUT2D eigenvalue weighted by atomic mass is 9.89. The molecule has 1 heterocycles. The molecular weight excluding hydrogens is 467 g/mol. The number of piperazine rings is 1. The lowest BCUT2D eigenvalue weighted by Crippen LogP contribution is -2.57. The number of rotatable bonds is 7. The molecule has 1 aromatic rings. The normalized spacial score (nSPS) is 19.4. The van der Waals surface area contributed by atoms with Gasteiger partial charge in [-0.1, -0.05) is 13.8 Å². The van der Waals surface area contributed by atoms with Crippen LogP contribution in [0.1, 0.15) is 27.2 Å². The maximum absolute atomic E-state index is 13.1. The Morgan fingerprint density at radius 1 is 1.18 bits per heavy atom. The number of anilines is 1. The maximum atomic E-state index is 13.1. The van der Waals surface area contributed by atoms with E-state index in [0.29, 0.717) is 18.8 Å². The maximum Gasteiger partial charge on any atom is 0.501 e. The third kappa shape index (κ3) is 5.95. The Kier molecular flexibility index (Phi) is 8.36. The van der Waals surface area contributed by atoms with E-state index in [2.05, 4.69) is 0 Å². The molecule has 1 aliphatic rings. The predicted molar refractivity (Wildman–Crippen MR) is 112 cm³/mol. The fourth-order valence-corrected chi connectivity index (χ4v) is 4.59. The second-order valence-corrected chi connectivity index (χ2v) is 10.4. The minimum absolute atomic E-state index is 0.0109. The highest BCUT2D eigenvalue weighted by Crippen LogP contribution is 2.32. The van der Waals surface area contributed by atoms with Crippen LogP contribution in [0.2, 0.25) is 0 Å². The van der Waals surface area contributed by atoms with E-state index in [1.54, 1.807) is 11.8 Å². The Balaban J connectivity index is 2.15. The summed E-state index contributed by atoms with van der Waals surface area (Å²) in [5.41, 5.74) is -3.54. The number of nitrogens with zero attached hydrogens (tertiary/aromatic N) is 2. The van der Waals surface area contributed by atoms with Crippen LogP contribution in [0.4, 0.5) is 18.9 Å². The van der Waals surface area contributed by atoms with Gasteiger partial charge in [-0.25, -0.2) is 13.9 Å². The fourth-order valence-electron chi connectivity index (χ4n) is 3.82. The molecule has 1 aromatic carbocycles. The molecule has 3 N–H and O–H groups in total. The molecule has 2 amide bonds. The van der Waals surface area contributed by atoms with Gasteiger partial charge in [0.15, 0.2) is 0 Å². The Bertz CT molecular complexity index is 953. The summed E-state index contributed by atoms with van der Waals surface area (Å²) in [5.74, 6) is -2.59. The first-order valence-electron chi connectivity index (χ1n) is 10.3. The molecule has 0 aliphatic carbocycles. The predicted octanol–water partition coefficient (Wildman–Crippen LogP) is 1.55. The number of hydrogen-bond donors (Lipinski definition) is 3. The van der Waals surface area contributed by atoms with Crippen molar-refractivity contribution in [1.29, 1.82) is 0 Å². The summed E-state index contributed by atoms with van der Waals surface area (Å²) in [7, 11) is -5.44. The number of amides is 2. The zero-order valence-electron chi connectivity index (χ0n) is 18.4. The highest BCUT2D eigenvalue weighted by atomic mass is 32.2. The minimum Gasteiger partial charge on any atom is -0.382 e. The van der Waals surface area contributed by atoms with Crippen molar-refractivity contribution in [3.05, 3.63) is 24.3 Å². The molecule has 0 aromatic heterocycles. The molecule has 0 radical (unpaired) electrons. The van der Waals surface area contributed by atoms with Crippen LogP contribution in [0.3, 0.4) is 0 Å². The van der Waals surface area contributed by atoms with Crippen molar-refractivity contribution in [1.82, 2.24) is 10.4 Å². The van der Waals surface area contributed by atoms with E-state index in [1.165, 1.54) is 22.5 Å². The number of hydrogen-bond acceptors (Lipinski definition) is 7. The van der Waals surface area contributed by atoms with Gasteiger partial charge in [0.2, 0.25) is 5.91 Å². The summed E-state index contributed by atoms with van der Waals surface area (Å²) in [5, 5.41) is 19.0. The molecule has 9 nitrogen and oxygen atoms in total. The van der Waals surface area contributed by atoms with Gasteiger partial charge in [0.1, 0.15) is 6.10 Å². The van der Waals surface area contributed by atoms with E-state index >= 15 is 0 Å². The van der Waals surface area contributed by atoms with Gasteiger partial charge in [0, 0.05) is 31.4 Å². The second kappa shape index (κ2) is 10.3. The smallest absolute Gasteiger partial charge is 0.382 e. The quantitative estimate of drug-likeness (QED) is 0.387. The number of benzene rings is 1. The number of aliphatic hydroxyl groups is 1. The van der Waals surface area contributed by atoms with Crippen LogP contribution in [0.15, 0.2) is 29.2 Å². The average Bonchev–Trinajstić information content (AvgIpc) is 2.75. The largest absolute Gasteiger partial charge is 0.501 e. The molecule has 13 heteroatoms. The summed E-state index contributed by atoms with van der Waals surface area (Å²) >= 11 is 0. The Hall–Kier alpha value is -2.38. The van der Waals surface area contributed by atoms with Gasteiger partial charge >= 0.3 is 5.51 Å². The number of halogens is 3. The van der Waals surface area contributed by atoms with E-state index in [1.807, 2.05) is 13.8 Å². The van der Waals surface area contributed by atoms with Gasteiger partial charge < -0.3 is 14.9 Å². The van der Waals surface area contributed by atoms with Crippen LogP contribution in [-0.4, -0.2) is 72.7 Å². The van der Waals surface area contributed by atoms with Gasteiger partial charge in [0.25, 0.3) is 15.7 Å². The molecule has 33 heavy (non-hydrogen) atoms. The first-order chi connectivity index (χ1) is 15.2. The van der Waals surface area contributed by atoms with Crippen molar-refractivity contribution < 1.29 is 41.5 Å². The number of aliphatic hydroxyl groups excluding tert-OH is 1. The Morgan fingerprint density at radius 3 is 2.21 bits per heavy atom. The van der Waals surface area contributed by atoms with Gasteiger partial charge in [-0.3, -0.25) is 14.8 Å². The van der Waals surface area contributed by atoms with Gasteiger partial charge in [-0.05, 0) is 43.5 Å². The summed E-state index contributed by atoms with van der Waals surface area (Å²) in [6.07, 6.45) is -1.51. The number of carbonyl (C=O) groups excluding carboxylic acids is 2. The van der Waals surface area contributed by atoms with Crippen molar-refractivity contribution in [2.45, 2.75) is 49.7 Å². The summed E-state index contributed by atoms with van der Waals surface area (Å²) < 4.78 is 61.2. The average molecular weight is 496 g/mol. The van der Waals surface area contributed by atoms with Crippen molar-refractivity contribution in [2.24, 2.45) is 11.8 Å². The fraction of sp³-hybridized carbons (Fsp3) is 0.600. The SMILES string of the molecule is CC(C)CC(C(=O)N1CCN(c2ccc(S(=O)(=O)C(F)(F)F)cc2)C[C@H]1C)C(O)C(=O)NO. The molecule has 1 aliphatic heterocycles. The second-order valence-electron chi connectivity index (χ2n) is 8.43. The topological polar surface area (TPSA) is 127 Å². The van der Waals surface area contributed by atoms with Crippen molar-refractivity contribution in [2.75, 3.05) is 24.5 Å². The molecule has 186 valence electrons. The monoisotopic (exact) mass is 495 g/mol. The zero-order chi connectivity index (χ0) is 25.1. The molecule has 0 spiro atoms. The van der Waals surface area contributed by atoms with Gasteiger partial charge in [-0.15, -0.1) is 0 Å². The highest BCUT2D eigenvalue weighted by molar-refractivity contribution is 7.92. The summed E-state index contributed by atoms with van der Waals surface area (Å²) in [4.78, 5) is 27.3. The molecule has 1 saturated heterocycles. The van der Waals surface area contributed by atoms with Gasteiger partial charge in [-0.2, -0.15) is 13.2 Å². The van der Waals surface area contributed by atoms with E-state index < -0.39 is 44.1 Å². The Morgan fingerprint density at radius 2 is 1.76 bits per heavy atom. The molecule has 3 atom stereocenters. The first kappa shape index (κ1) is 26.9. The summed E-state index contributed by atoms with van der Waals surface area (Å²) in [6.45, 7) is 6.22. The van der Waals surface area contributed by atoms with Crippen LogP contribution in [-0.2, 0) is 19.4 Å². The standard InChI is InChI=1S/C20H28F3N3O6S/c1-12(2)10-16(17(27)18(28)24-30)19(29)26-9-8-25(11-13(26)3)14-4-6-15(7-5-14)33(31,32)20(21,22)23/h4-7,12-13,16-17,27,30H,8-11H2,1-3H3,(H,24,28)/t13-,16?,17?/m1/s1. The summed E-state index contributed by atoms with van der Waals surface area (Å²) in [6, 6.07) is 3.97. The van der Waals surface area contributed by atoms with E-state index in [-0.39, 0.29) is 24.9 Å². The molecule has 2 unspecified atom stereocenters. The van der Waals surface area contributed by atoms with Gasteiger partial charge in [0.05, 0.1) is 10.8 Å². The van der Waals surface area contributed by atoms with Crippen molar-refractivity contribution in [3.63, 3.8) is 0 Å². The Labute approximate surface area is 190 Å². The number of hydroxylamine groups is 1. The van der Waals surface area contributed by atoms with Crippen molar-refractivity contribution in [3.8, 4) is 0 Å². The number of nitrogens with one attached hydrogen (secondary N) is 1. The van der Waals surface area contributed by atoms with Crippen molar-refractivity contribution >= 4 is 27.3 Å². The molecule has 2 rings (SSSR count). The zero-order valence-corrected chi connectivity index (χ0v) is 19.2. The van der Waals surface area contributed by atoms with E-state index in [4.69, 9.17) is 5.21 Å². The van der Waals surface area contributed by atoms with Crippen LogP contribution < -0.4 is 10.4 Å². The third-order valence-corrected chi connectivity index (χ3v) is 7.03. The minimum atomic E-state index is -5.44. The number of alkyl halides is 3. The van der Waals surface area contributed by atoms with Crippen LogP contribution >= 0.6 is 0 Å². The molecule has 0 saturated carbocycles. The number of carbonyl (C=O) groups is 2. The van der Waals surface area contributed by atoms with Crippen LogP contribution in [0.5, 0.6) is 0 Å². The van der Waals surface area contributed by atoms with Crippen LogP contribution in [0.25, 0.3) is 0 Å². The third-order valence-electron chi connectivity index (χ3n) is 5.53. The van der Waals surface area contributed by atoms with E-state index in [0.717, 1.165) is 12.1 Å². The molecule has 1 fully saturated rings. The van der Waals surface area contributed by atoms with E-state index in [9.17, 15) is 36.3 Å². The highest BCUT2D eigenvalue weighted by Gasteiger charge is 2.47. The lowest BCUT2D eigenvalue weighted by Gasteiger charge is -2.42. The number of sulfone groups is 1. The lowest BCUT2D eigenvalue weighted by molar-refractivity contribution is -0.152.